The third-order valence-electron chi connectivity index (χ3n) is 15.6. The summed E-state index contributed by atoms with van der Waals surface area (Å²) in [5.41, 5.74) is 0. The van der Waals surface area contributed by atoms with Gasteiger partial charge in [-0.15, -0.1) is 0 Å². The van der Waals surface area contributed by atoms with E-state index < -0.39 is 6.10 Å². The molecule has 0 amide bonds. The zero-order chi connectivity index (χ0) is 48.5. The van der Waals surface area contributed by atoms with E-state index in [1.807, 2.05) is 0 Å². The van der Waals surface area contributed by atoms with Gasteiger partial charge in [-0.25, -0.2) is 0 Å². The van der Waals surface area contributed by atoms with E-state index >= 15 is 0 Å². The van der Waals surface area contributed by atoms with Crippen molar-refractivity contribution >= 4 is 17.9 Å². The van der Waals surface area contributed by atoms with Gasteiger partial charge in [-0.3, -0.25) is 14.4 Å². The summed E-state index contributed by atoms with van der Waals surface area (Å²) in [6.07, 6.45) is 41.7. The van der Waals surface area contributed by atoms with Gasteiger partial charge in [0.25, 0.3) is 0 Å². The van der Waals surface area contributed by atoms with Crippen LogP contribution in [0.5, 0.6) is 0 Å². The maximum absolute atomic E-state index is 12.9. The molecule has 1 unspecified atom stereocenters. The van der Waals surface area contributed by atoms with Gasteiger partial charge in [0.2, 0.25) is 0 Å². The molecule has 0 N–H and O–H groups in total. The Balaban J connectivity index is 0.766. The normalized spacial score (nSPS) is 29.6. The van der Waals surface area contributed by atoms with E-state index in [1.54, 1.807) is 0 Å². The second-order valence-electron chi connectivity index (χ2n) is 21.9. The molecule has 0 aromatic rings. The van der Waals surface area contributed by atoms with E-state index in [-0.39, 0.29) is 37.5 Å². The molecule has 13 atom stereocenters. The fourth-order valence-corrected chi connectivity index (χ4v) is 10.6. The van der Waals surface area contributed by atoms with Gasteiger partial charge in [0.05, 0.1) is 73.2 Å². The first-order valence-corrected chi connectivity index (χ1v) is 29.3. The molecule has 0 bridgehead atoms. The molecule has 6 rings (SSSR count). The highest BCUT2D eigenvalue weighted by atomic mass is 16.6. The van der Waals surface area contributed by atoms with Crippen molar-refractivity contribution in [1.29, 1.82) is 0 Å². The summed E-state index contributed by atoms with van der Waals surface area (Å²) in [6.45, 7) is 6.49. The Morgan fingerprint density at radius 3 is 0.855 bits per heavy atom. The van der Waals surface area contributed by atoms with Crippen LogP contribution in [0.4, 0.5) is 0 Å². The van der Waals surface area contributed by atoms with E-state index in [1.165, 1.54) is 77.0 Å². The van der Waals surface area contributed by atoms with Crippen LogP contribution in [0.2, 0.25) is 0 Å². The van der Waals surface area contributed by atoms with Gasteiger partial charge in [-0.2, -0.15) is 0 Å². The molecule has 69 heavy (non-hydrogen) atoms. The largest absolute Gasteiger partial charge is 0.462 e. The molecule has 0 aromatic carbocycles. The number of carbonyl (C=O) groups excluding carboxylic acids is 3. The average molecular weight is 975 g/mol. The van der Waals surface area contributed by atoms with Gasteiger partial charge in [0.1, 0.15) is 13.2 Å². The molecular weight excluding hydrogens is 877 g/mol. The van der Waals surface area contributed by atoms with Crippen molar-refractivity contribution in [1.82, 2.24) is 0 Å². The van der Waals surface area contributed by atoms with E-state index in [0.29, 0.717) is 86.1 Å². The number of carbonyl (C=O) groups is 3. The zero-order valence-electron chi connectivity index (χ0n) is 43.8. The summed E-state index contributed by atoms with van der Waals surface area (Å²) >= 11 is 0. The molecule has 6 aliphatic rings. The van der Waals surface area contributed by atoms with Crippen LogP contribution in [0.15, 0.2) is 0 Å². The third kappa shape index (κ3) is 24.6. The lowest BCUT2D eigenvalue weighted by Crippen LogP contribution is -2.30. The molecule has 6 heterocycles. The van der Waals surface area contributed by atoms with Crippen molar-refractivity contribution in [3.63, 3.8) is 0 Å². The molecule has 0 aliphatic carbocycles. The Kier molecular flexibility index (Phi) is 26.5. The van der Waals surface area contributed by atoms with Crippen LogP contribution >= 0.6 is 0 Å². The molecule has 0 spiro atoms. The number of hydrogen-bond donors (Lipinski definition) is 0. The van der Waals surface area contributed by atoms with Crippen molar-refractivity contribution in [2.45, 2.75) is 331 Å². The lowest BCUT2D eigenvalue weighted by atomic mass is 10.0. The molecule has 398 valence electrons. The molecular formula is C57H98O12. The summed E-state index contributed by atoms with van der Waals surface area (Å²) in [5, 5.41) is 0. The van der Waals surface area contributed by atoms with Gasteiger partial charge in [0, 0.05) is 38.5 Å². The van der Waals surface area contributed by atoms with Crippen LogP contribution < -0.4 is 0 Å². The summed E-state index contributed by atoms with van der Waals surface area (Å²) in [6, 6.07) is 0. The first-order chi connectivity index (χ1) is 33.8. The van der Waals surface area contributed by atoms with E-state index in [9.17, 15) is 14.4 Å². The summed E-state index contributed by atoms with van der Waals surface area (Å²) in [5.74, 6) is -0.966. The van der Waals surface area contributed by atoms with Gasteiger partial charge < -0.3 is 42.6 Å². The fraction of sp³-hybridized carbons (Fsp3) is 0.947. The highest BCUT2D eigenvalue weighted by molar-refractivity contribution is 5.71. The molecule has 0 radical (unpaired) electrons. The predicted molar refractivity (Wildman–Crippen MR) is 267 cm³/mol. The van der Waals surface area contributed by atoms with Crippen LogP contribution in [0, 0.1) is 0 Å². The Morgan fingerprint density at radius 1 is 0.319 bits per heavy atom. The van der Waals surface area contributed by atoms with Crippen LogP contribution in [0.1, 0.15) is 252 Å². The first kappa shape index (κ1) is 56.5. The number of ether oxygens (including phenoxy) is 9. The number of hydrogen-bond acceptors (Lipinski definition) is 12. The molecule has 0 saturated carbocycles. The Labute approximate surface area is 418 Å². The van der Waals surface area contributed by atoms with E-state index in [2.05, 4.69) is 20.8 Å². The van der Waals surface area contributed by atoms with Gasteiger partial charge >= 0.3 is 17.9 Å². The van der Waals surface area contributed by atoms with Crippen LogP contribution in [0.3, 0.4) is 0 Å². The van der Waals surface area contributed by atoms with Crippen molar-refractivity contribution in [3.8, 4) is 0 Å². The Morgan fingerprint density at radius 2 is 0.565 bits per heavy atom. The van der Waals surface area contributed by atoms with E-state index in [4.69, 9.17) is 42.6 Å². The average Bonchev–Trinajstić information content (AvgIpc) is 4.08. The van der Waals surface area contributed by atoms with Gasteiger partial charge in [-0.05, 0) is 57.8 Å². The van der Waals surface area contributed by atoms with Crippen molar-refractivity contribution < 1.29 is 57.0 Å². The lowest BCUT2D eigenvalue weighted by Gasteiger charge is -2.18. The van der Waals surface area contributed by atoms with Crippen molar-refractivity contribution in [2.24, 2.45) is 0 Å². The second-order valence-corrected chi connectivity index (χ2v) is 21.9. The molecule has 12 nitrogen and oxygen atoms in total. The van der Waals surface area contributed by atoms with Crippen molar-refractivity contribution in [3.05, 3.63) is 0 Å². The quantitative estimate of drug-likeness (QED) is 0.0247. The summed E-state index contributed by atoms with van der Waals surface area (Å²) in [7, 11) is 0. The van der Waals surface area contributed by atoms with E-state index in [0.717, 1.165) is 135 Å². The third-order valence-corrected chi connectivity index (χ3v) is 15.6. The first-order valence-electron chi connectivity index (χ1n) is 29.3. The summed E-state index contributed by atoms with van der Waals surface area (Å²) in [4.78, 5) is 38.4. The zero-order valence-corrected chi connectivity index (χ0v) is 43.8. The monoisotopic (exact) mass is 975 g/mol. The molecule has 6 saturated heterocycles. The fourth-order valence-electron chi connectivity index (χ4n) is 10.6. The molecule has 12 heteroatoms. The van der Waals surface area contributed by atoms with Crippen LogP contribution in [-0.4, -0.2) is 110 Å². The minimum Gasteiger partial charge on any atom is -0.462 e. The number of unbranched alkanes of at least 4 members (excludes halogenated alkanes) is 18. The SMILES string of the molecule is CCCCC[C@@H]1O[C@@H]1C[C@@H]1O[C@@H]1CCCCCCCC(=O)OCC(COC(=O)CCCCCCC[C@@H]1O[C@@H]1C[C@@H]1O[C@@H]1CCCCC)OC(=O)CCCCCCC[C@@H]1O[C@@H]1C[C@@H]1O[C@@H]1CCCCC. The molecule has 0 aromatic heterocycles. The molecule has 6 aliphatic heterocycles. The lowest BCUT2D eigenvalue weighted by molar-refractivity contribution is -0.167. The van der Waals surface area contributed by atoms with Crippen LogP contribution in [-0.2, 0) is 57.0 Å². The predicted octanol–water partition coefficient (Wildman–Crippen LogP) is 12.7. The minimum atomic E-state index is -0.816. The highest BCUT2D eigenvalue weighted by Crippen LogP contribution is 2.41. The number of epoxide rings is 6. The second kappa shape index (κ2) is 32.4. The number of rotatable bonds is 47. The summed E-state index contributed by atoms with van der Waals surface area (Å²) < 4.78 is 52.2. The van der Waals surface area contributed by atoms with Crippen molar-refractivity contribution in [2.75, 3.05) is 13.2 Å². The Hall–Kier alpha value is -1.83. The standard InChI is InChI=1S/C57H98O12/c1-4-7-19-28-43-49(64-43)37-52-46(67-52)31-22-13-10-16-25-34-55(58)61-40-42(63-57(60)36-27-18-12-15-24-33-48-54(69-48)39-51-45(66-51)30-21-9-6-3)41-62-56(59)35-26-17-11-14-23-32-47-53(68-47)38-50-44(65-50)29-20-8-5-2/h42-54H,4-41H2,1-3H3/t42?,43-,44+,45-,46+,47-,48+,49+,50-,51+,52-,53+,54-/m1/s1. The maximum atomic E-state index is 12.9. The topological polar surface area (TPSA) is 154 Å². The minimum absolute atomic E-state index is 0.110. The van der Waals surface area contributed by atoms with Crippen LogP contribution in [0.25, 0.3) is 0 Å². The highest BCUT2D eigenvalue weighted by Gasteiger charge is 2.49. The van der Waals surface area contributed by atoms with Gasteiger partial charge in [0.15, 0.2) is 6.10 Å². The molecule has 6 fully saturated rings. The number of esters is 3. The smallest absolute Gasteiger partial charge is 0.306 e. The maximum Gasteiger partial charge on any atom is 0.306 e. The Bertz CT molecular complexity index is 1360. The van der Waals surface area contributed by atoms with Gasteiger partial charge in [-0.1, -0.05) is 156 Å².